The molecule has 2 heterocycles. The molecule has 6 aromatic carbocycles. The van der Waals surface area contributed by atoms with Gasteiger partial charge in [-0.2, -0.15) is 0 Å². The third-order valence-electron chi connectivity index (χ3n) is 7.78. The van der Waals surface area contributed by atoms with Crippen LogP contribution in [0.1, 0.15) is 0 Å². The lowest BCUT2D eigenvalue weighted by atomic mass is 10.0. The van der Waals surface area contributed by atoms with Gasteiger partial charge in [-0.3, -0.25) is 0 Å². The van der Waals surface area contributed by atoms with Crippen molar-refractivity contribution in [1.82, 2.24) is 9.13 Å². The van der Waals surface area contributed by atoms with Gasteiger partial charge in [0.05, 0.1) is 27.8 Å². The Bertz CT molecular complexity index is 2090. The molecule has 8 aromatic rings. The molecule has 0 aliphatic carbocycles. The number of hydrogen-bond acceptors (Lipinski definition) is 0. The highest BCUT2D eigenvalue weighted by atomic mass is 127. The summed E-state index contributed by atoms with van der Waals surface area (Å²) in [5.41, 5.74) is 9.66. The van der Waals surface area contributed by atoms with Gasteiger partial charge in [-0.1, -0.05) is 91.0 Å². The standard InChI is InChI=1S/C36H23IN2/c37-25-20-21-27(36(23-25)39-34-18-7-3-14-30(34)31-15-4-8-19-35(31)39)24-10-9-11-26(22-24)38-32-16-5-1-12-28(32)29-13-2-6-17-33(29)38/h1-23H. The molecule has 184 valence electrons. The predicted octanol–water partition coefficient (Wildman–Crippen LogP) is 10.2. The van der Waals surface area contributed by atoms with E-state index in [9.17, 15) is 0 Å². The van der Waals surface area contributed by atoms with Crippen LogP contribution in [0.15, 0.2) is 140 Å². The number of para-hydroxylation sites is 4. The first-order valence-electron chi connectivity index (χ1n) is 13.1. The fourth-order valence-electron chi connectivity index (χ4n) is 6.13. The van der Waals surface area contributed by atoms with Crippen LogP contribution < -0.4 is 0 Å². The summed E-state index contributed by atoms with van der Waals surface area (Å²) in [6.45, 7) is 0. The summed E-state index contributed by atoms with van der Waals surface area (Å²) in [5.74, 6) is 0. The molecule has 0 saturated carbocycles. The molecule has 39 heavy (non-hydrogen) atoms. The van der Waals surface area contributed by atoms with Gasteiger partial charge in [-0.05, 0) is 76.7 Å². The molecule has 2 nitrogen and oxygen atoms in total. The van der Waals surface area contributed by atoms with E-state index in [1.54, 1.807) is 0 Å². The smallest absolute Gasteiger partial charge is 0.0551 e. The Hall–Kier alpha value is -4.35. The zero-order chi connectivity index (χ0) is 25.9. The topological polar surface area (TPSA) is 9.86 Å². The third kappa shape index (κ3) is 3.46. The van der Waals surface area contributed by atoms with Crippen molar-refractivity contribution in [3.63, 3.8) is 0 Å². The SMILES string of the molecule is Ic1ccc(-c2cccc(-n3c4ccccc4c4ccccc43)c2)c(-n2c3ccccc3c3ccccc32)c1. The van der Waals surface area contributed by atoms with Gasteiger partial charge >= 0.3 is 0 Å². The largest absolute Gasteiger partial charge is 0.309 e. The Labute approximate surface area is 239 Å². The van der Waals surface area contributed by atoms with Gasteiger partial charge in [0, 0.05) is 36.4 Å². The third-order valence-corrected chi connectivity index (χ3v) is 8.45. The van der Waals surface area contributed by atoms with Crippen LogP contribution in [0.3, 0.4) is 0 Å². The van der Waals surface area contributed by atoms with Gasteiger partial charge in [0.2, 0.25) is 0 Å². The highest BCUT2D eigenvalue weighted by molar-refractivity contribution is 14.1. The number of fused-ring (bicyclic) bond motifs is 6. The molecule has 0 fully saturated rings. The summed E-state index contributed by atoms with van der Waals surface area (Å²) in [4.78, 5) is 0. The maximum absolute atomic E-state index is 2.43. The van der Waals surface area contributed by atoms with Crippen LogP contribution in [0.2, 0.25) is 0 Å². The van der Waals surface area contributed by atoms with Crippen molar-refractivity contribution in [3.05, 3.63) is 143 Å². The average Bonchev–Trinajstić information content (AvgIpc) is 3.50. The van der Waals surface area contributed by atoms with Crippen molar-refractivity contribution in [2.75, 3.05) is 0 Å². The van der Waals surface area contributed by atoms with Crippen molar-refractivity contribution in [2.24, 2.45) is 0 Å². The monoisotopic (exact) mass is 610 g/mol. The summed E-state index contributed by atoms with van der Waals surface area (Å²) in [5, 5.41) is 5.10. The zero-order valence-corrected chi connectivity index (χ0v) is 23.2. The lowest BCUT2D eigenvalue weighted by Gasteiger charge is -2.16. The van der Waals surface area contributed by atoms with Gasteiger partial charge in [-0.15, -0.1) is 0 Å². The molecule has 8 rings (SSSR count). The van der Waals surface area contributed by atoms with Crippen molar-refractivity contribution in [1.29, 1.82) is 0 Å². The molecule has 0 amide bonds. The van der Waals surface area contributed by atoms with Gasteiger partial charge < -0.3 is 9.13 Å². The molecule has 0 atom stereocenters. The van der Waals surface area contributed by atoms with Gasteiger partial charge in [0.15, 0.2) is 0 Å². The van der Waals surface area contributed by atoms with E-state index in [1.807, 2.05) is 0 Å². The Morgan fingerprint density at radius 1 is 0.410 bits per heavy atom. The zero-order valence-electron chi connectivity index (χ0n) is 21.1. The first-order chi connectivity index (χ1) is 19.3. The molecular weight excluding hydrogens is 587 g/mol. The van der Waals surface area contributed by atoms with E-state index in [0.29, 0.717) is 0 Å². The molecule has 0 unspecified atom stereocenters. The lowest BCUT2D eigenvalue weighted by molar-refractivity contribution is 1.17. The van der Waals surface area contributed by atoms with Crippen molar-refractivity contribution in [3.8, 4) is 22.5 Å². The van der Waals surface area contributed by atoms with E-state index in [2.05, 4.69) is 171 Å². The summed E-state index contributed by atoms with van der Waals surface area (Å²) in [6.07, 6.45) is 0. The fraction of sp³-hybridized carbons (Fsp3) is 0. The molecule has 2 aromatic heterocycles. The molecule has 0 aliphatic heterocycles. The number of hydrogen-bond donors (Lipinski definition) is 0. The fourth-order valence-corrected chi connectivity index (χ4v) is 6.60. The molecular formula is C36H23IN2. The quantitative estimate of drug-likeness (QED) is 0.176. The van der Waals surface area contributed by atoms with Crippen molar-refractivity contribution < 1.29 is 0 Å². The normalized spacial score (nSPS) is 11.7. The Morgan fingerprint density at radius 3 is 1.44 bits per heavy atom. The van der Waals surface area contributed by atoms with Gasteiger partial charge in [0.25, 0.3) is 0 Å². The van der Waals surface area contributed by atoms with Gasteiger partial charge in [0.1, 0.15) is 0 Å². The van der Waals surface area contributed by atoms with Crippen LogP contribution in [0.4, 0.5) is 0 Å². The Balaban J connectivity index is 1.40. The molecule has 3 heteroatoms. The van der Waals surface area contributed by atoms with Crippen LogP contribution >= 0.6 is 22.6 Å². The van der Waals surface area contributed by atoms with E-state index in [0.717, 1.165) is 5.69 Å². The van der Waals surface area contributed by atoms with E-state index in [1.165, 1.54) is 64.0 Å². The number of benzene rings is 6. The summed E-state index contributed by atoms with van der Waals surface area (Å²) in [6, 6.07) is 50.6. The molecule has 0 radical (unpaired) electrons. The molecule has 0 N–H and O–H groups in total. The van der Waals surface area contributed by atoms with E-state index >= 15 is 0 Å². The Kier molecular flexibility index (Phi) is 5.13. The minimum absolute atomic E-state index is 1.16. The van der Waals surface area contributed by atoms with Crippen molar-refractivity contribution in [2.45, 2.75) is 0 Å². The summed E-state index contributed by atoms with van der Waals surface area (Å²) < 4.78 is 6.03. The van der Waals surface area contributed by atoms with Crippen LogP contribution in [-0.4, -0.2) is 9.13 Å². The van der Waals surface area contributed by atoms with E-state index in [4.69, 9.17) is 0 Å². The maximum atomic E-state index is 2.43. The lowest BCUT2D eigenvalue weighted by Crippen LogP contribution is -1.99. The molecule has 0 spiro atoms. The molecule has 0 aliphatic rings. The average molecular weight is 610 g/mol. The van der Waals surface area contributed by atoms with E-state index in [-0.39, 0.29) is 0 Å². The Morgan fingerprint density at radius 2 is 0.897 bits per heavy atom. The second-order valence-electron chi connectivity index (χ2n) is 9.95. The molecule has 0 bridgehead atoms. The minimum Gasteiger partial charge on any atom is -0.309 e. The van der Waals surface area contributed by atoms with Crippen LogP contribution in [0.25, 0.3) is 66.1 Å². The first kappa shape index (κ1) is 22.6. The molecule has 0 saturated heterocycles. The van der Waals surface area contributed by atoms with Crippen LogP contribution in [0, 0.1) is 3.57 Å². The first-order valence-corrected chi connectivity index (χ1v) is 14.2. The number of aromatic nitrogens is 2. The van der Waals surface area contributed by atoms with Crippen LogP contribution in [-0.2, 0) is 0 Å². The minimum atomic E-state index is 1.16. The second-order valence-corrected chi connectivity index (χ2v) is 11.2. The number of halogens is 1. The predicted molar refractivity (Wildman–Crippen MR) is 173 cm³/mol. The second kappa shape index (κ2) is 8.85. The van der Waals surface area contributed by atoms with Crippen LogP contribution in [0.5, 0.6) is 0 Å². The highest BCUT2D eigenvalue weighted by Crippen LogP contribution is 2.38. The summed E-state index contributed by atoms with van der Waals surface area (Å²) in [7, 11) is 0. The summed E-state index contributed by atoms with van der Waals surface area (Å²) >= 11 is 2.43. The number of rotatable bonds is 3. The van der Waals surface area contributed by atoms with Gasteiger partial charge in [-0.25, -0.2) is 0 Å². The van der Waals surface area contributed by atoms with E-state index < -0.39 is 0 Å². The van der Waals surface area contributed by atoms with Crippen molar-refractivity contribution >= 4 is 66.2 Å². The maximum Gasteiger partial charge on any atom is 0.0551 e. The number of nitrogens with zero attached hydrogens (tertiary/aromatic N) is 2. The highest BCUT2D eigenvalue weighted by Gasteiger charge is 2.17.